The Balaban J connectivity index is 0.00000496. The number of aliphatic hydroxyl groups is 8. The topological polar surface area (TPSA) is 451 Å². The van der Waals surface area contributed by atoms with Gasteiger partial charge >= 0.3 is 0 Å². The molecule has 0 saturated carbocycles. The molecule has 16 unspecified atom stereocenters. The zero-order valence-corrected chi connectivity index (χ0v) is 46.5. The van der Waals surface area contributed by atoms with Gasteiger partial charge in [0, 0.05) is 38.5 Å². The molecule has 2 fully saturated rings. The molecule has 26 nitrogen and oxygen atoms in total. The highest BCUT2D eigenvalue weighted by atomic mass is 16.3. The fourth-order valence-electron chi connectivity index (χ4n) is 9.43. The van der Waals surface area contributed by atoms with Gasteiger partial charge in [-0.05, 0) is 82.0 Å². The van der Waals surface area contributed by atoms with Crippen LogP contribution in [0.3, 0.4) is 0 Å². The molecule has 0 spiro atoms. The van der Waals surface area contributed by atoms with E-state index in [1.54, 1.807) is 6.92 Å². The second-order valence-corrected chi connectivity index (χ2v) is 20.8. The van der Waals surface area contributed by atoms with E-state index in [2.05, 4.69) is 47.8 Å². The smallest absolute Gasteiger partial charge is 0.248 e. The number of aromatic hydroxyl groups is 1. The maximum absolute atomic E-state index is 14.1. The van der Waals surface area contributed by atoms with Gasteiger partial charge in [-0.1, -0.05) is 77.8 Å². The van der Waals surface area contributed by atoms with E-state index in [1.807, 2.05) is 6.79 Å². The van der Waals surface area contributed by atoms with Crippen LogP contribution in [0.1, 0.15) is 136 Å². The Morgan fingerprint density at radius 3 is 1.87 bits per heavy atom. The summed E-state index contributed by atoms with van der Waals surface area (Å²) in [6.45, 7) is 11.3. The van der Waals surface area contributed by atoms with Crippen LogP contribution in [-0.2, 0) is 38.4 Å². The molecule has 79 heavy (non-hydrogen) atoms. The monoisotopic (exact) mass is 1130 g/mol. The van der Waals surface area contributed by atoms with Crippen LogP contribution in [0.4, 0.5) is 0 Å². The van der Waals surface area contributed by atoms with Gasteiger partial charge in [0.15, 0.2) is 6.23 Å². The molecular formula is C53H93N9O17. The molecule has 3 rings (SSSR count). The first-order valence-electron chi connectivity index (χ1n) is 27.3. The van der Waals surface area contributed by atoms with Crippen LogP contribution in [0.2, 0.25) is 0 Å². The zero-order chi connectivity index (χ0) is 60.1. The van der Waals surface area contributed by atoms with Crippen LogP contribution >= 0.6 is 0 Å². The van der Waals surface area contributed by atoms with Gasteiger partial charge in [-0.15, -0.1) is 0 Å². The normalized spacial score (nSPS) is 21.5. The van der Waals surface area contributed by atoms with Crippen molar-refractivity contribution in [3.8, 4) is 5.75 Å². The third kappa shape index (κ3) is 24.2. The lowest BCUT2D eigenvalue weighted by atomic mass is 9.91. The molecule has 1 aromatic rings. The number of rotatable bonds is 32. The number of carbonyl (C=O) groups is 8. The minimum Gasteiger partial charge on any atom is -0.508 e. The molecule has 6 amide bonds. The highest BCUT2D eigenvalue weighted by molar-refractivity contribution is 5.95. The number of likely N-dealkylation sites (tertiary alicyclic amines) is 2. The predicted octanol–water partition coefficient (Wildman–Crippen LogP) is -3.06. The molecule has 0 bridgehead atoms. The number of phenolic OH excluding ortho intramolecular Hbond substituents is 1. The standard InChI is InChI=1S/C50H86N8O15.C2H5NO.CH2O/c1-6-27(2)23-28(3)13-11-9-7-8-10-12-14-38(65)53-34(45(68)54-40(30(5)59)49(72)58-26-33(61)24-29(58)4)25-37(64)46(69)56-48(71)42-36(63)20-22-57(42)50(73)41(35(62)19-21-51)55-47(70)39(52)44(67)43(66)31-15-17-32(60)18-16-31;3-1-2-4;1-2/h15-18,27-30,33-37,39-44,46,59-64,66-67,69H,6-14,19-26,51-52H2,1-5H3,(H,53,65)(H,54,68)(H,55,70)(H,56,71);2H,1,3H2;1H2. The summed E-state index contributed by atoms with van der Waals surface area (Å²) in [6, 6.07) is -4.12. The number of hydrogen-bond donors (Lipinski definition) is 16. The number of unbranched alkanes of at least 4 members (excludes halogenated alkanes) is 5. The largest absolute Gasteiger partial charge is 0.508 e. The molecule has 16 atom stereocenters. The Hall–Kier alpha value is -5.26. The lowest BCUT2D eigenvalue weighted by molar-refractivity contribution is -0.148. The van der Waals surface area contributed by atoms with E-state index >= 15 is 0 Å². The minimum atomic E-state index is -2.21. The summed E-state index contributed by atoms with van der Waals surface area (Å²) in [5, 5.41) is 106. The Morgan fingerprint density at radius 2 is 1.33 bits per heavy atom. The van der Waals surface area contributed by atoms with E-state index in [4.69, 9.17) is 21.1 Å². The van der Waals surface area contributed by atoms with Crippen LogP contribution in [0.25, 0.3) is 0 Å². The van der Waals surface area contributed by atoms with Crippen LogP contribution in [0.15, 0.2) is 24.3 Å². The molecule has 2 heterocycles. The van der Waals surface area contributed by atoms with Crippen molar-refractivity contribution in [3.05, 3.63) is 29.8 Å². The number of amides is 6. The molecule has 2 aliphatic heterocycles. The number of β-amino-alcohol motifs (C(OH)–C–C–N with tert-alkyl or cyclic N) is 1. The fraction of sp³-hybridized carbons (Fsp3) is 0.736. The lowest BCUT2D eigenvalue weighted by Gasteiger charge is -2.33. The van der Waals surface area contributed by atoms with Gasteiger partial charge in [0.1, 0.15) is 67.3 Å². The number of hydrogen-bond acceptors (Lipinski definition) is 20. The number of phenols is 1. The van der Waals surface area contributed by atoms with Crippen molar-refractivity contribution in [3.63, 3.8) is 0 Å². The predicted molar refractivity (Wildman–Crippen MR) is 289 cm³/mol. The highest BCUT2D eigenvalue weighted by Gasteiger charge is 2.46. The Morgan fingerprint density at radius 1 is 0.759 bits per heavy atom. The Bertz CT molecular complexity index is 1990. The maximum Gasteiger partial charge on any atom is 0.248 e. The van der Waals surface area contributed by atoms with Gasteiger partial charge in [-0.2, -0.15) is 0 Å². The Kier molecular flexibility index (Phi) is 34.2. The fourth-order valence-corrected chi connectivity index (χ4v) is 9.43. The number of benzene rings is 1. The number of carbonyl (C=O) groups excluding carboxylic acids is 8. The number of aliphatic hydroxyl groups excluding tert-OH is 8. The molecule has 2 aliphatic rings. The first-order valence-corrected chi connectivity index (χ1v) is 27.3. The average Bonchev–Trinajstić information content (AvgIpc) is 3.98. The average molecular weight is 1130 g/mol. The molecular weight excluding hydrogens is 1030 g/mol. The van der Waals surface area contributed by atoms with Crippen molar-refractivity contribution < 1.29 is 84.3 Å². The van der Waals surface area contributed by atoms with Crippen LogP contribution < -0.4 is 38.5 Å². The van der Waals surface area contributed by atoms with Crippen molar-refractivity contribution in [2.45, 2.75) is 210 Å². The summed E-state index contributed by atoms with van der Waals surface area (Å²) in [5.74, 6) is -4.61. The van der Waals surface area contributed by atoms with Crippen molar-refractivity contribution in [2.24, 2.45) is 29.0 Å². The van der Waals surface area contributed by atoms with Crippen LogP contribution in [0.5, 0.6) is 5.75 Å². The third-order valence-electron chi connectivity index (χ3n) is 14.2. The summed E-state index contributed by atoms with van der Waals surface area (Å²) in [7, 11) is 0. The SMILES string of the molecule is C=O.CCC(C)CC(C)CCCCCCCCC(=O)NC(CC(O)C(O)NC(=O)C1C(O)CCN1C(=O)C(NC(=O)C(N)C(O)C(O)c1ccc(O)cc1)C(O)CCN)C(=O)NC(C(=O)N1CC(O)CC1C)C(C)O.NCC=O. The first-order chi connectivity index (χ1) is 37.3. The van der Waals surface area contributed by atoms with Crippen LogP contribution in [0, 0.1) is 11.8 Å². The first kappa shape index (κ1) is 71.8. The van der Waals surface area contributed by atoms with E-state index in [0.717, 1.165) is 49.8 Å². The highest BCUT2D eigenvalue weighted by Crippen LogP contribution is 2.25. The molecule has 26 heteroatoms. The number of nitrogens with two attached hydrogens (primary N) is 3. The minimum absolute atomic E-state index is 0.00775. The van der Waals surface area contributed by atoms with Gasteiger partial charge in [0.05, 0.1) is 24.4 Å². The molecule has 0 radical (unpaired) electrons. The van der Waals surface area contributed by atoms with E-state index in [9.17, 15) is 74.7 Å². The molecule has 452 valence electrons. The van der Waals surface area contributed by atoms with Gasteiger partial charge in [0.25, 0.3) is 0 Å². The number of nitrogens with one attached hydrogen (secondary N) is 4. The van der Waals surface area contributed by atoms with Crippen molar-refractivity contribution in [2.75, 3.05) is 26.2 Å². The molecule has 0 aromatic heterocycles. The van der Waals surface area contributed by atoms with Gasteiger partial charge in [-0.3, -0.25) is 28.8 Å². The van der Waals surface area contributed by atoms with E-state index in [-0.39, 0.29) is 63.2 Å². The summed E-state index contributed by atoms with van der Waals surface area (Å²) in [6.07, 6.45) is -4.96. The van der Waals surface area contributed by atoms with Crippen molar-refractivity contribution in [1.29, 1.82) is 0 Å². The molecule has 2 saturated heterocycles. The summed E-state index contributed by atoms with van der Waals surface area (Å²) in [5.41, 5.74) is 16.4. The van der Waals surface area contributed by atoms with Gasteiger partial charge in [0.2, 0.25) is 35.4 Å². The lowest BCUT2D eigenvalue weighted by Crippen LogP contribution is -2.62. The maximum atomic E-state index is 14.1. The van der Waals surface area contributed by atoms with E-state index in [1.165, 1.54) is 42.5 Å². The number of aldehydes is 1. The van der Waals surface area contributed by atoms with Gasteiger partial charge < -0.3 is 104 Å². The summed E-state index contributed by atoms with van der Waals surface area (Å²) >= 11 is 0. The zero-order valence-electron chi connectivity index (χ0n) is 46.5. The molecule has 0 aliphatic carbocycles. The quantitative estimate of drug-likeness (QED) is 0.0193. The third-order valence-corrected chi connectivity index (χ3v) is 14.2. The second-order valence-electron chi connectivity index (χ2n) is 20.8. The van der Waals surface area contributed by atoms with Crippen molar-refractivity contribution >= 4 is 48.5 Å². The van der Waals surface area contributed by atoms with Gasteiger partial charge in [-0.25, -0.2) is 0 Å². The van der Waals surface area contributed by atoms with E-state index in [0.29, 0.717) is 24.5 Å². The number of nitrogens with zero attached hydrogens (tertiary/aromatic N) is 2. The second kappa shape index (κ2) is 37.6. The molecule has 19 N–H and O–H groups in total. The van der Waals surface area contributed by atoms with Crippen molar-refractivity contribution in [1.82, 2.24) is 31.1 Å². The summed E-state index contributed by atoms with van der Waals surface area (Å²) in [4.78, 5) is 101. The van der Waals surface area contributed by atoms with Crippen LogP contribution in [-0.4, -0.2) is 210 Å². The molecule has 1 aromatic carbocycles. The summed E-state index contributed by atoms with van der Waals surface area (Å²) < 4.78 is 0. The van der Waals surface area contributed by atoms with E-state index < -0.39 is 127 Å². The Labute approximate surface area is 463 Å².